The number of likely N-dealkylation sites (tertiary alicyclic amines) is 1. The first-order valence-electron chi connectivity index (χ1n) is 15.5. The molecule has 3 saturated heterocycles. The molecule has 0 bridgehead atoms. The maximum atomic E-state index is 14.0. The summed E-state index contributed by atoms with van der Waals surface area (Å²) in [4.78, 5) is 36.4. The molecule has 2 aromatic carbocycles. The minimum Gasteiger partial charge on any atom is -0.389 e. The average Bonchev–Trinajstić information content (AvgIpc) is 3.84. The van der Waals surface area contributed by atoms with Gasteiger partial charge in [0.1, 0.15) is 11.2 Å². The van der Waals surface area contributed by atoms with Crippen LogP contribution in [0.2, 0.25) is 0 Å². The molecule has 0 aliphatic carbocycles. The van der Waals surface area contributed by atoms with Crippen LogP contribution in [-0.2, 0) is 6.42 Å². The van der Waals surface area contributed by atoms with E-state index in [-0.39, 0.29) is 23.9 Å². The molecule has 2 amide bonds. The number of aryl methyl sites for hydroxylation is 1. The second-order valence-electron chi connectivity index (χ2n) is 12.0. The molecule has 228 valence electrons. The third kappa shape index (κ3) is 6.62. The zero-order valence-corrected chi connectivity index (χ0v) is 25.4. The molecular weight excluding hydrogens is 562 g/mol. The van der Waals surface area contributed by atoms with Gasteiger partial charge in [-0.2, -0.15) is 0 Å². The molecule has 3 aromatic rings. The normalized spacial score (nSPS) is 23.5. The number of hydrogen-bond donors (Lipinski definition) is 4. The fraction of sp³-hybridized carbons (Fsp3) is 0.485. The van der Waals surface area contributed by atoms with Crippen molar-refractivity contribution in [3.8, 4) is 0 Å². The highest BCUT2D eigenvalue weighted by Crippen LogP contribution is 2.36. The van der Waals surface area contributed by atoms with E-state index in [9.17, 15) is 19.8 Å². The molecule has 4 N–H and O–H groups in total. The van der Waals surface area contributed by atoms with Crippen molar-refractivity contribution < 1.29 is 19.8 Å². The maximum absolute atomic E-state index is 14.0. The highest BCUT2D eigenvalue weighted by molar-refractivity contribution is 7.09. The highest BCUT2D eigenvalue weighted by atomic mass is 32.1. The van der Waals surface area contributed by atoms with Gasteiger partial charge in [0.25, 0.3) is 11.8 Å². The van der Waals surface area contributed by atoms with E-state index >= 15 is 0 Å². The standard InChI is InChI=1S/C33H41N5O4S/c1-21-20-43-32(35-21)28-11-6-15-38(28)33(42)24-17-23(18-25(19-24)37-14-7-12-29(37)39)31(41)36-27(16-22-8-3-2-4-9-22)30(40)26-10-5-13-34-26/h2-4,8-9,17-20,26-30,34,39-40H,5-7,10-16H2,1H3,(H,36,41). The second kappa shape index (κ2) is 13.1. The molecule has 5 unspecified atom stereocenters. The van der Waals surface area contributed by atoms with Crippen molar-refractivity contribution in [1.29, 1.82) is 0 Å². The zero-order chi connectivity index (χ0) is 29.9. The van der Waals surface area contributed by atoms with E-state index in [2.05, 4.69) is 15.6 Å². The predicted molar refractivity (Wildman–Crippen MR) is 167 cm³/mol. The lowest BCUT2D eigenvalue weighted by atomic mass is 9.95. The van der Waals surface area contributed by atoms with Crippen molar-refractivity contribution in [2.75, 3.05) is 24.5 Å². The van der Waals surface area contributed by atoms with Gasteiger partial charge in [-0.25, -0.2) is 4.98 Å². The molecular formula is C33H41N5O4S. The lowest BCUT2D eigenvalue weighted by molar-refractivity contribution is 0.0733. The molecule has 3 aliphatic heterocycles. The van der Waals surface area contributed by atoms with E-state index in [0.717, 1.165) is 54.9 Å². The molecule has 4 heterocycles. The molecule has 1 aromatic heterocycles. The van der Waals surface area contributed by atoms with Crippen molar-refractivity contribution in [1.82, 2.24) is 20.5 Å². The van der Waals surface area contributed by atoms with Crippen LogP contribution in [0.4, 0.5) is 5.69 Å². The number of carbonyl (C=O) groups excluding carboxylic acids is 2. The maximum Gasteiger partial charge on any atom is 0.254 e. The minimum atomic E-state index is -0.775. The Balaban J connectivity index is 1.30. The number of anilines is 1. The van der Waals surface area contributed by atoms with Gasteiger partial charge in [0.2, 0.25) is 0 Å². The number of aliphatic hydroxyl groups excluding tert-OH is 2. The van der Waals surface area contributed by atoms with Gasteiger partial charge in [-0.3, -0.25) is 9.59 Å². The highest BCUT2D eigenvalue weighted by Gasteiger charge is 2.35. The minimum absolute atomic E-state index is 0.0891. The third-order valence-corrected chi connectivity index (χ3v) is 10.0. The summed E-state index contributed by atoms with van der Waals surface area (Å²) in [5, 5.41) is 31.5. The molecule has 10 heteroatoms. The Morgan fingerprint density at radius 2 is 1.86 bits per heavy atom. The summed E-state index contributed by atoms with van der Waals surface area (Å²) in [6.45, 7) is 4.08. The van der Waals surface area contributed by atoms with Gasteiger partial charge in [-0.15, -0.1) is 11.3 Å². The Labute approximate surface area is 256 Å². The van der Waals surface area contributed by atoms with Crippen molar-refractivity contribution >= 4 is 28.8 Å². The van der Waals surface area contributed by atoms with Gasteiger partial charge < -0.3 is 30.6 Å². The van der Waals surface area contributed by atoms with Crippen LogP contribution in [0.25, 0.3) is 0 Å². The number of amides is 2. The van der Waals surface area contributed by atoms with Gasteiger partial charge in [0.15, 0.2) is 0 Å². The van der Waals surface area contributed by atoms with Gasteiger partial charge in [0, 0.05) is 47.0 Å². The van der Waals surface area contributed by atoms with Crippen LogP contribution in [0, 0.1) is 6.92 Å². The smallest absolute Gasteiger partial charge is 0.254 e. The molecule has 5 atom stereocenters. The Bertz CT molecular complexity index is 1430. The van der Waals surface area contributed by atoms with Crippen LogP contribution in [0.1, 0.15) is 81.5 Å². The summed E-state index contributed by atoms with van der Waals surface area (Å²) in [7, 11) is 0. The Morgan fingerprint density at radius 3 is 2.56 bits per heavy atom. The summed E-state index contributed by atoms with van der Waals surface area (Å²) in [5.74, 6) is -0.493. The van der Waals surface area contributed by atoms with Gasteiger partial charge in [-0.05, 0) is 82.2 Å². The van der Waals surface area contributed by atoms with Crippen molar-refractivity contribution in [3.63, 3.8) is 0 Å². The van der Waals surface area contributed by atoms with Crippen LogP contribution >= 0.6 is 11.3 Å². The summed E-state index contributed by atoms with van der Waals surface area (Å²) in [6, 6.07) is 14.4. The monoisotopic (exact) mass is 603 g/mol. The first-order chi connectivity index (χ1) is 20.9. The largest absolute Gasteiger partial charge is 0.389 e. The number of thiazole rings is 1. The number of aromatic nitrogens is 1. The van der Waals surface area contributed by atoms with Gasteiger partial charge >= 0.3 is 0 Å². The van der Waals surface area contributed by atoms with Crippen LogP contribution in [0.3, 0.4) is 0 Å². The van der Waals surface area contributed by atoms with E-state index < -0.39 is 18.4 Å². The molecule has 9 nitrogen and oxygen atoms in total. The molecule has 3 aliphatic rings. The second-order valence-corrected chi connectivity index (χ2v) is 12.9. The Morgan fingerprint density at radius 1 is 1.07 bits per heavy atom. The number of aliphatic hydroxyl groups is 2. The van der Waals surface area contributed by atoms with Crippen LogP contribution in [0.5, 0.6) is 0 Å². The van der Waals surface area contributed by atoms with Gasteiger partial charge in [0.05, 0.1) is 18.2 Å². The lowest BCUT2D eigenvalue weighted by Crippen LogP contribution is -2.52. The van der Waals surface area contributed by atoms with E-state index in [4.69, 9.17) is 0 Å². The SMILES string of the molecule is Cc1csc(C2CCCN2C(=O)c2cc(C(=O)NC(Cc3ccccc3)C(O)C3CCCN3)cc(N3CCCC3O)c2)n1. The topological polar surface area (TPSA) is 118 Å². The van der Waals surface area contributed by atoms with Crippen molar-refractivity contribution in [3.05, 3.63) is 81.3 Å². The number of carbonyl (C=O) groups is 2. The Kier molecular flexibility index (Phi) is 9.09. The number of nitrogens with one attached hydrogen (secondary N) is 2. The molecule has 0 saturated carbocycles. The predicted octanol–water partition coefficient (Wildman–Crippen LogP) is 3.80. The number of nitrogens with zero attached hydrogens (tertiary/aromatic N) is 3. The quantitative estimate of drug-likeness (QED) is 0.294. The lowest BCUT2D eigenvalue weighted by Gasteiger charge is -2.29. The van der Waals surface area contributed by atoms with E-state index in [1.54, 1.807) is 29.5 Å². The van der Waals surface area contributed by atoms with Crippen LogP contribution < -0.4 is 15.5 Å². The third-order valence-electron chi connectivity index (χ3n) is 8.95. The molecule has 43 heavy (non-hydrogen) atoms. The van der Waals surface area contributed by atoms with Crippen LogP contribution in [-0.4, -0.2) is 76.0 Å². The number of benzene rings is 2. The summed E-state index contributed by atoms with van der Waals surface area (Å²) in [6.07, 6.45) is 4.08. The van der Waals surface area contributed by atoms with Crippen molar-refractivity contribution in [2.45, 2.75) is 82.3 Å². The van der Waals surface area contributed by atoms with E-state index in [1.807, 2.05) is 52.4 Å². The van der Waals surface area contributed by atoms with Crippen LogP contribution in [0.15, 0.2) is 53.9 Å². The Hall–Kier alpha value is -3.31. The number of rotatable bonds is 9. The van der Waals surface area contributed by atoms with E-state index in [1.165, 1.54) is 0 Å². The molecule has 0 radical (unpaired) electrons. The van der Waals surface area contributed by atoms with Crippen molar-refractivity contribution in [2.24, 2.45) is 0 Å². The van der Waals surface area contributed by atoms with E-state index in [0.29, 0.717) is 42.7 Å². The zero-order valence-electron chi connectivity index (χ0n) is 24.6. The van der Waals surface area contributed by atoms with Gasteiger partial charge in [-0.1, -0.05) is 30.3 Å². The average molecular weight is 604 g/mol. The number of hydrogen-bond acceptors (Lipinski definition) is 8. The summed E-state index contributed by atoms with van der Waals surface area (Å²) >= 11 is 1.58. The fourth-order valence-electron chi connectivity index (χ4n) is 6.70. The fourth-order valence-corrected chi connectivity index (χ4v) is 7.64. The molecule has 6 rings (SSSR count). The molecule has 0 spiro atoms. The summed E-state index contributed by atoms with van der Waals surface area (Å²) < 4.78 is 0. The first-order valence-corrected chi connectivity index (χ1v) is 16.3. The summed E-state index contributed by atoms with van der Waals surface area (Å²) in [5.41, 5.74) is 3.37. The molecule has 3 fully saturated rings. The first kappa shape index (κ1) is 29.7.